The lowest BCUT2D eigenvalue weighted by atomic mass is 9.94. The molecule has 0 N–H and O–H groups in total. The summed E-state index contributed by atoms with van der Waals surface area (Å²) in [6.45, 7) is 1.84. The van der Waals surface area contributed by atoms with E-state index < -0.39 is 29.7 Å². The minimum absolute atomic E-state index is 0.0719. The summed E-state index contributed by atoms with van der Waals surface area (Å²) in [7, 11) is 3.37. The molecular formula is C19H18N4O5. The third-order valence-electron chi connectivity index (χ3n) is 5.42. The van der Waals surface area contributed by atoms with Crippen molar-refractivity contribution in [3.8, 4) is 0 Å². The Balaban J connectivity index is 1.61. The summed E-state index contributed by atoms with van der Waals surface area (Å²) in [5.74, 6) is -3.27. The van der Waals surface area contributed by atoms with Gasteiger partial charge in [0.05, 0.1) is 29.3 Å². The molecule has 3 amide bonds. The van der Waals surface area contributed by atoms with Crippen molar-refractivity contribution in [3.05, 3.63) is 52.8 Å². The first-order chi connectivity index (χ1) is 13.3. The standard InChI is InChI=1S/C19H18N4O5/c1-10-14(9-20-22(10)3)16-13(8-15(24)21(16)2)19(27)28-23-17(25)11-6-4-5-7-12(11)18(23)26/h4-7,9,13,16H,8H2,1-3H3. The second kappa shape index (κ2) is 6.29. The molecule has 2 unspecified atom stereocenters. The topological polar surface area (TPSA) is 102 Å². The van der Waals surface area contributed by atoms with Crippen molar-refractivity contribution in [2.45, 2.75) is 19.4 Å². The molecular weight excluding hydrogens is 364 g/mol. The lowest BCUT2D eigenvalue weighted by Crippen LogP contribution is -2.36. The number of likely N-dealkylation sites (tertiary alicyclic amines) is 1. The van der Waals surface area contributed by atoms with Gasteiger partial charge in [0, 0.05) is 31.8 Å². The molecule has 0 spiro atoms. The Kier molecular flexibility index (Phi) is 4.02. The van der Waals surface area contributed by atoms with E-state index >= 15 is 0 Å². The smallest absolute Gasteiger partial charge is 0.338 e. The number of carbonyl (C=O) groups is 4. The van der Waals surface area contributed by atoms with E-state index in [1.54, 1.807) is 37.1 Å². The molecule has 0 radical (unpaired) electrons. The van der Waals surface area contributed by atoms with Gasteiger partial charge in [-0.25, -0.2) is 4.79 Å². The lowest BCUT2D eigenvalue weighted by molar-refractivity contribution is -0.174. The number of aryl methyl sites for hydroxylation is 1. The van der Waals surface area contributed by atoms with Gasteiger partial charge < -0.3 is 9.74 Å². The predicted molar refractivity (Wildman–Crippen MR) is 94.6 cm³/mol. The molecule has 2 aromatic rings. The lowest BCUT2D eigenvalue weighted by Gasteiger charge is -2.24. The molecule has 0 saturated carbocycles. The molecule has 3 heterocycles. The van der Waals surface area contributed by atoms with Gasteiger partial charge in [0.2, 0.25) is 5.91 Å². The molecule has 144 valence electrons. The minimum Gasteiger partial charge on any atom is -0.338 e. The molecule has 28 heavy (non-hydrogen) atoms. The van der Waals surface area contributed by atoms with Gasteiger partial charge in [0.25, 0.3) is 11.8 Å². The van der Waals surface area contributed by atoms with E-state index in [4.69, 9.17) is 4.84 Å². The molecule has 1 fully saturated rings. The highest BCUT2D eigenvalue weighted by Crippen LogP contribution is 2.39. The molecule has 1 aromatic carbocycles. The monoisotopic (exact) mass is 382 g/mol. The SMILES string of the molecule is Cc1c(C2C(C(=O)ON3C(=O)c4ccccc4C3=O)CC(=O)N2C)cnn1C. The summed E-state index contributed by atoms with van der Waals surface area (Å²) in [5.41, 5.74) is 1.89. The fraction of sp³-hybridized carbons (Fsp3) is 0.316. The Hall–Kier alpha value is -3.49. The van der Waals surface area contributed by atoms with Crippen LogP contribution in [0.4, 0.5) is 0 Å². The summed E-state index contributed by atoms with van der Waals surface area (Å²) >= 11 is 0. The normalized spacial score (nSPS) is 21.5. The number of nitrogens with zero attached hydrogens (tertiary/aromatic N) is 4. The van der Waals surface area contributed by atoms with E-state index in [2.05, 4.69) is 5.10 Å². The average molecular weight is 382 g/mol. The number of hydroxylamine groups is 2. The Morgan fingerprint density at radius 2 is 1.71 bits per heavy atom. The van der Waals surface area contributed by atoms with Gasteiger partial charge in [-0.2, -0.15) is 5.10 Å². The first kappa shape index (κ1) is 17.9. The van der Waals surface area contributed by atoms with Crippen LogP contribution in [0.1, 0.15) is 44.4 Å². The van der Waals surface area contributed by atoms with Crippen LogP contribution in [-0.4, -0.2) is 50.5 Å². The molecule has 0 bridgehead atoms. The maximum absolute atomic E-state index is 12.9. The minimum atomic E-state index is -0.857. The van der Waals surface area contributed by atoms with Gasteiger partial charge in [0.1, 0.15) is 0 Å². The van der Waals surface area contributed by atoms with Crippen molar-refractivity contribution in [3.63, 3.8) is 0 Å². The number of amides is 3. The number of rotatable bonds is 3. The Morgan fingerprint density at radius 3 is 2.25 bits per heavy atom. The van der Waals surface area contributed by atoms with Crippen LogP contribution in [0.2, 0.25) is 0 Å². The summed E-state index contributed by atoms with van der Waals surface area (Å²) in [6, 6.07) is 5.67. The van der Waals surface area contributed by atoms with Crippen LogP contribution < -0.4 is 0 Å². The van der Waals surface area contributed by atoms with Gasteiger partial charge >= 0.3 is 5.97 Å². The quantitative estimate of drug-likeness (QED) is 0.734. The van der Waals surface area contributed by atoms with Crippen LogP contribution in [0.3, 0.4) is 0 Å². The Morgan fingerprint density at radius 1 is 1.11 bits per heavy atom. The number of imide groups is 1. The van der Waals surface area contributed by atoms with E-state index in [0.717, 1.165) is 11.3 Å². The second-order valence-corrected chi connectivity index (χ2v) is 6.93. The van der Waals surface area contributed by atoms with Crippen LogP contribution >= 0.6 is 0 Å². The fourth-order valence-electron chi connectivity index (χ4n) is 3.72. The number of fused-ring (bicyclic) bond motifs is 1. The number of benzene rings is 1. The molecule has 1 saturated heterocycles. The van der Waals surface area contributed by atoms with Gasteiger partial charge in [-0.05, 0) is 19.1 Å². The van der Waals surface area contributed by atoms with Crippen LogP contribution in [-0.2, 0) is 21.5 Å². The summed E-state index contributed by atoms with van der Waals surface area (Å²) < 4.78 is 1.65. The van der Waals surface area contributed by atoms with Gasteiger partial charge in [-0.15, -0.1) is 0 Å². The van der Waals surface area contributed by atoms with Crippen LogP contribution in [0.15, 0.2) is 30.5 Å². The van der Waals surface area contributed by atoms with E-state index in [9.17, 15) is 19.2 Å². The molecule has 0 aliphatic carbocycles. The average Bonchev–Trinajstić information content (AvgIpc) is 3.25. The maximum Gasteiger partial charge on any atom is 0.339 e. The summed E-state index contributed by atoms with van der Waals surface area (Å²) in [5, 5.41) is 4.65. The maximum atomic E-state index is 12.9. The highest BCUT2D eigenvalue weighted by atomic mass is 16.7. The van der Waals surface area contributed by atoms with E-state index in [0.29, 0.717) is 5.06 Å². The molecule has 9 heteroatoms. The first-order valence-corrected chi connectivity index (χ1v) is 8.75. The van der Waals surface area contributed by atoms with Gasteiger partial charge in [-0.3, -0.25) is 19.1 Å². The highest BCUT2D eigenvalue weighted by Gasteiger charge is 2.47. The molecule has 2 aliphatic heterocycles. The number of hydrogen-bond acceptors (Lipinski definition) is 6. The van der Waals surface area contributed by atoms with Crippen LogP contribution in [0, 0.1) is 12.8 Å². The molecule has 9 nitrogen and oxygen atoms in total. The number of aromatic nitrogens is 2. The fourth-order valence-corrected chi connectivity index (χ4v) is 3.72. The summed E-state index contributed by atoms with van der Waals surface area (Å²) in [4.78, 5) is 56.7. The third-order valence-corrected chi connectivity index (χ3v) is 5.42. The zero-order valence-corrected chi connectivity index (χ0v) is 15.6. The van der Waals surface area contributed by atoms with E-state index in [1.165, 1.54) is 17.0 Å². The number of carbonyl (C=O) groups excluding carboxylic acids is 4. The second-order valence-electron chi connectivity index (χ2n) is 6.93. The molecule has 2 atom stereocenters. The van der Waals surface area contributed by atoms with Gasteiger partial charge in [-0.1, -0.05) is 17.2 Å². The van der Waals surface area contributed by atoms with E-state index in [-0.39, 0.29) is 23.5 Å². The van der Waals surface area contributed by atoms with Crippen molar-refractivity contribution in [2.24, 2.45) is 13.0 Å². The van der Waals surface area contributed by atoms with Crippen LogP contribution in [0.25, 0.3) is 0 Å². The molecule has 4 rings (SSSR count). The zero-order valence-electron chi connectivity index (χ0n) is 15.6. The Bertz CT molecular complexity index is 992. The molecule has 2 aliphatic rings. The van der Waals surface area contributed by atoms with Crippen molar-refractivity contribution in [1.82, 2.24) is 19.7 Å². The predicted octanol–water partition coefficient (Wildman–Crippen LogP) is 1.00. The van der Waals surface area contributed by atoms with Crippen molar-refractivity contribution < 1.29 is 24.0 Å². The third kappa shape index (κ3) is 2.50. The zero-order chi connectivity index (χ0) is 20.2. The van der Waals surface area contributed by atoms with Crippen LogP contribution in [0.5, 0.6) is 0 Å². The largest absolute Gasteiger partial charge is 0.339 e. The number of hydrogen-bond donors (Lipinski definition) is 0. The van der Waals surface area contributed by atoms with Crippen molar-refractivity contribution >= 4 is 23.7 Å². The highest BCUT2D eigenvalue weighted by molar-refractivity contribution is 6.20. The Labute approximate surface area is 160 Å². The summed E-state index contributed by atoms with van der Waals surface area (Å²) in [6.07, 6.45) is 1.54. The first-order valence-electron chi connectivity index (χ1n) is 8.75. The van der Waals surface area contributed by atoms with E-state index in [1.807, 2.05) is 6.92 Å². The molecule has 1 aromatic heterocycles. The van der Waals surface area contributed by atoms with Crippen molar-refractivity contribution in [1.29, 1.82) is 0 Å². The van der Waals surface area contributed by atoms with Crippen molar-refractivity contribution in [2.75, 3.05) is 7.05 Å². The van der Waals surface area contributed by atoms with Gasteiger partial charge in [0.15, 0.2) is 0 Å².